The van der Waals surface area contributed by atoms with Crippen molar-refractivity contribution in [1.82, 2.24) is 29.9 Å². The number of hydrogen-bond acceptors (Lipinski definition) is 7. The maximum Gasteiger partial charge on any atom is 0.416 e. The minimum atomic E-state index is -4.52. The molecule has 4 aromatic rings. The van der Waals surface area contributed by atoms with Gasteiger partial charge in [-0.1, -0.05) is 12.1 Å². The first-order valence-corrected chi connectivity index (χ1v) is 11.9. The second kappa shape index (κ2) is 10.1. The number of rotatable bonds is 7. The molecule has 9 nitrogen and oxygen atoms in total. The molecule has 0 spiro atoms. The second-order valence-electron chi connectivity index (χ2n) is 8.05. The molecule has 13 heteroatoms. The number of hydrogen-bond donors (Lipinski definition) is 1. The van der Waals surface area contributed by atoms with Gasteiger partial charge in [-0.15, -0.1) is 0 Å². The molecule has 0 radical (unpaired) electrons. The molecule has 2 aromatic carbocycles. The number of nitrogens with one attached hydrogen (secondary N) is 1. The topological polar surface area (TPSA) is 99.2 Å². The number of carbonyl (C=O) groups is 1. The van der Waals surface area contributed by atoms with Crippen LogP contribution in [0.3, 0.4) is 0 Å². The quantitative estimate of drug-likeness (QED) is 0.366. The molecule has 1 fully saturated rings. The molecule has 1 aliphatic heterocycles. The van der Waals surface area contributed by atoms with Crippen molar-refractivity contribution in [3.8, 4) is 5.75 Å². The molecule has 1 saturated heterocycles. The number of benzene rings is 2. The molecule has 0 aliphatic carbocycles. The fourth-order valence-electron chi connectivity index (χ4n) is 3.82. The molecule has 1 N–H and O–H groups in total. The van der Waals surface area contributed by atoms with Gasteiger partial charge in [0.05, 0.1) is 48.9 Å². The first-order chi connectivity index (χ1) is 17.8. The van der Waals surface area contributed by atoms with E-state index < -0.39 is 11.7 Å². The van der Waals surface area contributed by atoms with E-state index in [-0.39, 0.29) is 23.8 Å². The normalized spacial score (nSPS) is 16.2. The summed E-state index contributed by atoms with van der Waals surface area (Å²) >= 11 is 1.24. The van der Waals surface area contributed by atoms with Crippen LogP contribution in [0.25, 0.3) is 17.0 Å². The van der Waals surface area contributed by atoms with Crippen molar-refractivity contribution in [2.24, 2.45) is 4.99 Å². The Hall–Kier alpha value is -4.13. The zero-order chi connectivity index (χ0) is 26.0. The molecular weight excluding hydrogens is 507 g/mol. The van der Waals surface area contributed by atoms with E-state index in [0.29, 0.717) is 28.7 Å². The zero-order valence-corrected chi connectivity index (χ0v) is 20.3. The van der Waals surface area contributed by atoms with Crippen molar-refractivity contribution in [3.05, 3.63) is 76.8 Å². The summed E-state index contributed by atoms with van der Waals surface area (Å²) in [7, 11) is 1.32. The smallest absolute Gasteiger partial charge is 0.416 e. The van der Waals surface area contributed by atoms with Gasteiger partial charge >= 0.3 is 6.18 Å². The Morgan fingerprint density at radius 1 is 1.19 bits per heavy atom. The number of methoxy groups -OCH3 is 1. The predicted octanol–water partition coefficient (Wildman–Crippen LogP) is 3.96. The molecule has 0 saturated carbocycles. The summed E-state index contributed by atoms with van der Waals surface area (Å²) in [5, 5.41) is 12.3. The van der Waals surface area contributed by atoms with E-state index in [2.05, 4.69) is 25.5 Å². The lowest BCUT2D eigenvalue weighted by molar-refractivity contribution is -0.138. The molecule has 0 unspecified atom stereocenters. The summed E-state index contributed by atoms with van der Waals surface area (Å²) in [6.07, 6.45) is 1.84. The summed E-state index contributed by atoms with van der Waals surface area (Å²) in [5.74, 6) is -0.115. The van der Waals surface area contributed by atoms with Gasteiger partial charge in [0, 0.05) is 5.39 Å². The lowest BCUT2D eigenvalue weighted by atomic mass is 10.1. The van der Waals surface area contributed by atoms with Crippen LogP contribution in [0.2, 0.25) is 0 Å². The highest BCUT2D eigenvalue weighted by molar-refractivity contribution is 8.18. The number of carbonyl (C=O) groups excluding carboxylic acids is 1. The molecule has 37 heavy (non-hydrogen) atoms. The predicted molar refractivity (Wildman–Crippen MR) is 133 cm³/mol. The summed E-state index contributed by atoms with van der Waals surface area (Å²) in [6.45, 7) is 0.921. The Morgan fingerprint density at radius 3 is 2.81 bits per heavy atom. The van der Waals surface area contributed by atoms with Gasteiger partial charge in [-0.05, 0) is 53.2 Å². The van der Waals surface area contributed by atoms with Crippen LogP contribution in [-0.4, -0.2) is 49.3 Å². The number of amides is 1. The van der Waals surface area contributed by atoms with E-state index >= 15 is 0 Å². The minimum Gasteiger partial charge on any atom is -0.497 e. The highest BCUT2D eigenvalue weighted by Gasteiger charge is 2.34. The molecule has 2 aromatic heterocycles. The lowest BCUT2D eigenvalue weighted by Crippen LogP contribution is -2.20. The average molecular weight is 528 g/mol. The molecule has 190 valence electrons. The van der Waals surface area contributed by atoms with Gasteiger partial charge in [0.15, 0.2) is 5.17 Å². The highest BCUT2D eigenvalue weighted by Crippen LogP contribution is 2.35. The molecule has 3 heterocycles. The Bertz CT molecular complexity index is 1510. The van der Waals surface area contributed by atoms with Crippen LogP contribution in [0.5, 0.6) is 5.75 Å². The largest absolute Gasteiger partial charge is 0.497 e. The van der Waals surface area contributed by atoms with Crippen LogP contribution in [0.1, 0.15) is 16.7 Å². The van der Waals surface area contributed by atoms with E-state index in [4.69, 9.17) is 4.74 Å². The number of nitrogens with zero attached hydrogens (tertiary/aromatic N) is 6. The number of aromatic nitrogens is 5. The lowest BCUT2D eigenvalue weighted by Gasteiger charge is -2.14. The van der Waals surface area contributed by atoms with Gasteiger partial charge in [0.2, 0.25) is 0 Å². The van der Waals surface area contributed by atoms with Gasteiger partial charge in [-0.2, -0.15) is 23.4 Å². The van der Waals surface area contributed by atoms with Crippen LogP contribution in [-0.2, 0) is 24.1 Å². The number of fused-ring (bicyclic) bond motifs is 1. The van der Waals surface area contributed by atoms with Crippen molar-refractivity contribution in [3.63, 3.8) is 0 Å². The molecule has 1 amide bonds. The third-order valence-electron chi connectivity index (χ3n) is 5.61. The SMILES string of the molecule is COc1ccc(Cn2ncc3cc(C=C4SC(=NCCn5cncn5)NC4=O)ccc32)c(C(F)(F)F)c1. The summed E-state index contributed by atoms with van der Waals surface area (Å²) < 4.78 is 48.9. The number of aliphatic imine (C=N–C) groups is 1. The first kappa shape index (κ1) is 24.6. The van der Waals surface area contributed by atoms with Crippen LogP contribution >= 0.6 is 11.8 Å². The number of ether oxygens (including phenoxy) is 1. The van der Waals surface area contributed by atoms with Crippen molar-refractivity contribution in [2.75, 3.05) is 13.7 Å². The van der Waals surface area contributed by atoms with Crippen molar-refractivity contribution in [1.29, 1.82) is 0 Å². The number of halogens is 3. The number of amidine groups is 1. The van der Waals surface area contributed by atoms with E-state index in [0.717, 1.165) is 17.0 Å². The standard InChI is InChI=1S/C24H20F3N7O2S/c1-36-18-4-3-16(19(10-18)24(25,26)27)12-34-20-5-2-15(8-17(20)11-30-34)9-21-22(35)32-23(37-21)29-6-7-33-14-28-13-31-33/h2-5,8-11,13-14H,6-7,12H2,1H3,(H,29,32,35). The van der Waals surface area contributed by atoms with Crippen LogP contribution in [0, 0.1) is 0 Å². The summed E-state index contributed by atoms with van der Waals surface area (Å²) in [5.41, 5.74) is 0.748. The van der Waals surface area contributed by atoms with Gasteiger partial charge in [0.25, 0.3) is 5.91 Å². The summed E-state index contributed by atoms with van der Waals surface area (Å²) in [6, 6.07) is 9.28. The Labute approximate surface area is 213 Å². The molecule has 0 bridgehead atoms. The van der Waals surface area contributed by atoms with Crippen LogP contribution in [0.4, 0.5) is 13.2 Å². The van der Waals surface area contributed by atoms with E-state index in [1.54, 1.807) is 35.4 Å². The van der Waals surface area contributed by atoms with Gasteiger partial charge in [-0.25, -0.2) is 4.98 Å². The van der Waals surface area contributed by atoms with E-state index in [1.165, 1.54) is 42.0 Å². The van der Waals surface area contributed by atoms with E-state index in [1.807, 2.05) is 6.07 Å². The fourth-order valence-corrected chi connectivity index (χ4v) is 4.67. The van der Waals surface area contributed by atoms with Crippen LogP contribution < -0.4 is 10.1 Å². The average Bonchev–Trinajstić information content (AvgIpc) is 3.60. The maximum atomic E-state index is 13.6. The molecule has 0 atom stereocenters. The Balaban J connectivity index is 1.33. The third-order valence-corrected chi connectivity index (χ3v) is 6.56. The monoisotopic (exact) mass is 527 g/mol. The zero-order valence-electron chi connectivity index (χ0n) is 19.4. The minimum absolute atomic E-state index is 0.0601. The van der Waals surface area contributed by atoms with Gasteiger partial charge in [0.1, 0.15) is 18.4 Å². The molecular formula is C24H20F3N7O2S. The number of alkyl halides is 3. The van der Waals surface area contributed by atoms with E-state index in [9.17, 15) is 18.0 Å². The van der Waals surface area contributed by atoms with Gasteiger partial charge in [-0.3, -0.25) is 19.2 Å². The number of thioether (sulfide) groups is 1. The molecule has 5 rings (SSSR count). The van der Waals surface area contributed by atoms with Gasteiger partial charge < -0.3 is 10.1 Å². The maximum absolute atomic E-state index is 13.6. The van der Waals surface area contributed by atoms with Crippen molar-refractivity contribution < 1.29 is 22.7 Å². The Kier molecular flexibility index (Phi) is 6.70. The molecule has 1 aliphatic rings. The second-order valence-corrected chi connectivity index (χ2v) is 9.08. The van der Waals surface area contributed by atoms with Crippen molar-refractivity contribution >= 4 is 39.8 Å². The fraction of sp³-hybridized carbons (Fsp3) is 0.208. The highest BCUT2D eigenvalue weighted by atomic mass is 32.2. The summed E-state index contributed by atoms with van der Waals surface area (Å²) in [4.78, 5) is 21.1. The van der Waals surface area contributed by atoms with Crippen molar-refractivity contribution in [2.45, 2.75) is 19.3 Å². The van der Waals surface area contributed by atoms with Crippen LogP contribution in [0.15, 0.2) is 65.1 Å². The first-order valence-electron chi connectivity index (χ1n) is 11.1. The Morgan fingerprint density at radius 2 is 2.05 bits per heavy atom. The third kappa shape index (κ3) is 5.50.